The van der Waals surface area contributed by atoms with Gasteiger partial charge in [-0.05, 0) is 6.92 Å². The summed E-state index contributed by atoms with van der Waals surface area (Å²) in [6.07, 6.45) is 0. The van der Waals surface area contributed by atoms with E-state index in [4.69, 9.17) is 0 Å². The summed E-state index contributed by atoms with van der Waals surface area (Å²) >= 11 is 2.94. The molecule has 0 unspecified atom stereocenters. The molecule has 9 heavy (non-hydrogen) atoms. The van der Waals surface area contributed by atoms with Gasteiger partial charge < -0.3 is 4.74 Å². The van der Waals surface area contributed by atoms with E-state index in [9.17, 15) is 4.79 Å². The van der Waals surface area contributed by atoms with E-state index in [2.05, 4.69) is 32.5 Å². The largest absolute Gasteiger partial charge is 0.452 e. The quantitative estimate of drug-likeness (QED) is 0.369. The lowest BCUT2D eigenvalue weighted by molar-refractivity contribution is -0.138. The first-order chi connectivity index (χ1) is 4.31. The van der Waals surface area contributed by atoms with Crippen molar-refractivity contribution in [1.82, 2.24) is 0 Å². The van der Waals surface area contributed by atoms with Crippen molar-refractivity contribution in [2.45, 2.75) is 6.92 Å². The van der Waals surface area contributed by atoms with Crippen LogP contribution in [0.5, 0.6) is 0 Å². The smallest absolute Gasteiger partial charge is 0.317 e. The van der Waals surface area contributed by atoms with Crippen LogP contribution in [0.3, 0.4) is 0 Å². The Kier molecular flexibility index (Phi) is 5.34. The fraction of sp³-hybridized carbons (Fsp3) is 0.500. The zero-order valence-corrected chi connectivity index (χ0v) is 6.69. The Morgan fingerprint density at radius 3 is 2.89 bits per heavy atom. The van der Waals surface area contributed by atoms with Crippen molar-refractivity contribution in [3.63, 3.8) is 0 Å². The summed E-state index contributed by atoms with van der Waals surface area (Å²) in [4.78, 5) is 10.3. The first-order valence-corrected chi connectivity index (χ1v) is 3.54. The fourth-order valence-electron chi connectivity index (χ4n) is 0.227. The highest BCUT2D eigenvalue weighted by Crippen LogP contribution is 1.83. The van der Waals surface area contributed by atoms with Crippen LogP contribution in [0.15, 0.2) is 0 Å². The molecule has 2 nitrogen and oxygen atoms in total. The van der Waals surface area contributed by atoms with Gasteiger partial charge in [-0.3, -0.25) is 4.79 Å². The summed E-state index contributed by atoms with van der Waals surface area (Å²) in [7, 11) is 0. The van der Waals surface area contributed by atoms with E-state index in [0.717, 1.165) is 0 Å². The van der Waals surface area contributed by atoms with E-state index in [1.54, 1.807) is 6.92 Å². The summed E-state index contributed by atoms with van der Waals surface area (Å²) in [5.41, 5.74) is 0. The summed E-state index contributed by atoms with van der Waals surface area (Å²) in [6.45, 7) is 1.89. The lowest BCUT2D eigenvalue weighted by Gasteiger charge is -1.92. The van der Waals surface area contributed by atoms with Crippen LogP contribution in [0.25, 0.3) is 0 Å². The maximum Gasteiger partial charge on any atom is 0.317 e. The molecular formula is C6H7BrO2. The molecule has 0 spiro atoms. The number of hydrogen-bond acceptors (Lipinski definition) is 2. The second-order valence-electron chi connectivity index (χ2n) is 1.22. The van der Waals surface area contributed by atoms with Gasteiger partial charge in [-0.1, -0.05) is 21.9 Å². The molecule has 50 valence electrons. The maximum absolute atomic E-state index is 10.3. The molecule has 0 N–H and O–H groups in total. The minimum atomic E-state index is -0.280. The third-order valence-corrected chi connectivity index (χ3v) is 1.05. The fourth-order valence-corrected chi connectivity index (χ4v) is 0.389. The van der Waals surface area contributed by atoms with E-state index in [0.29, 0.717) is 0 Å². The molecular weight excluding hydrogens is 184 g/mol. The molecule has 0 saturated heterocycles. The maximum atomic E-state index is 10.3. The number of esters is 1. The minimum Gasteiger partial charge on any atom is -0.452 e. The number of carbonyl (C=O) groups is 1. The van der Waals surface area contributed by atoms with Crippen molar-refractivity contribution in [2.24, 2.45) is 0 Å². The molecule has 0 aromatic carbocycles. The lowest BCUT2D eigenvalue weighted by Crippen LogP contribution is -2.04. The van der Waals surface area contributed by atoms with Gasteiger partial charge in [0.25, 0.3) is 0 Å². The zero-order chi connectivity index (χ0) is 7.11. The first kappa shape index (κ1) is 8.51. The van der Waals surface area contributed by atoms with E-state index in [1.807, 2.05) is 0 Å². The zero-order valence-electron chi connectivity index (χ0n) is 5.11. The third-order valence-electron chi connectivity index (χ3n) is 0.591. The van der Waals surface area contributed by atoms with Crippen LogP contribution in [0, 0.1) is 11.8 Å². The van der Waals surface area contributed by atoms with Gasteiger partial charge in [0.05, 0.1) is 0 Å². The Bertz CT molecular complexity index is 143. The average molecular weight is 191 g/mol. The average Bonchev–Trinajstić information content (AvgIpc) is 1.89. The molecule has 0 heterocycles. The summed E-state index contributed by atoms with van der Waals surface area (Å²) in [5.74, 6) is 4.92. The van der Waals surface area contributed by atoms with Crippen LogP contribution in [0.1, 0.15) is 6.92 Å². The van der Waals surface area contributed by atoms with Crippen LogP contribution in [0.2, 0.25) is 0 Å². The van der Waals surface area contributed by atoms with Crippen LogP contribution in [-0.4, -0.2) is 17.9 Å². The van der Waals surface area contributed by atoms with Crippen LogP contribution in [0.4, 0.5) is 0 Å². The van der Waals surface area contributed by atoms with E-state index < -0.39 is 0 Å². The minimum absolute atomic E-state index is 0.195. The van der Waals surface area contributed by atoms with Gasteiger partial charge in [0.1, 0.15) is 5.33 Å². The van der Waals surface area contributed by atoms with Gasteiger partial charge in [0.2, 0.25) is 0 Å². The summed E-state index contributed by atoms with van der Waals surface area (Å²) < 4.78 is 4.57. The van der Waals surface area contributed by atoms with Crippen LogP contribution in [-0.2, 0) is 9.53 Å². The highest BCUT2D eigenvalue weighted by atomic mass is 79.9. The molecule has 0 aliphatic carbocycles. The van der Waals surface area contributed by atoms with Crippen molar-refractivity contribution >= 4 is 21.9 Å². The molecule has 0 saturated carbocycles. The Morgan fingerprint density at radius 2 is 2.44 bits per heavy atom. The SMILES string of the molecule is CC#CCOC(=O)CBr. The Labute approximate surface area is 62.7 Å². The van der Waals surface area contributed by atoms with Crippen LogP contribution >= 0.6 is 15.9 Å². The highest BCUT2D eigenvalue weighted by Gasteiger charge is 1.94. The van der Waals surface area contributed by atoms with E-state index in [1.165, 1.54) is 0 Å². The van der Waals surface area contributed by atoms with Gasteiger partial charge in [-0.25, -0.2) is 0 Å². The summed E-state index contributed by atoms with van der Waals surface area (Å²) in [5, 5.41) is 0.235. The first-order valence-electron chi connectivity index (χ1n) is 2.42. The van der Waals surface area contributed by atoms with Crippen LogP contribution < -0.4 is 0 Å². The standard InChI is InChI=1S/C6H7BrO2/c1-2-3-4-9-6(8)5-7/h4-5H2,1H3. The Morgan fingerprint density at radius 1 is 1.78 bits per heavy atom. The number of halogens is 1. The molecule has 0 bridgehead atoms. The number of hydrogen-bond donors (Lipinski definition) is 0. The molecule has 0 aliphatic heterocycles. The molecule has 0 aromatic rings. The molecule has 0 rings (SSSR count). The molecule has 0 radical (unpaired) electrons. The van der Waals surface area contributed by atoms with Gasteiger partial charge >= 0.3 is 5.97 Å². The van der Waals surface area contributed by atoms with Crippen molar-refractivity contribution < 1.29 is 9.53 Å². The molecule has 3 heteroatoms. The Hall–Kier alpha value is -0.490. The Balaban J connectivity index is 3.24. The van der Waals surface area contributed by atoms with E-state index in [-0.39, 0.29) is 17.9 Å². The third kappa shape index (κ3) is 5.38. The van der Waals surface area contributed by atoms with Crippen molar-refractivity contribution in [3.8, 4) is 11.8 Å². The topological polar surface area (TPSA) is 26.3 Å². The van der Waals surface area contributed by atoms with E-state index >= 15 is 0 Å². The van der Waals surface area contributed by atoms with Gasteiger partial charge in [0.15, 0.2) is 6.61 Å². The molecule has 0 aliphatic rings. The normalized spacial score (nSPS) is 7.33. The van der Waals surface area contributed by atoms with Gasteiger partial charge in [-0.2, -0.15) is 0 Å². The molecule has 0 atom stereocenters. The van der Waals surface area contributed by atoms with Crippen molar-refractivity contribution in [3.05, 3.63) is 0 Å². The number of ether oxygens (including phenoxy) is 1. The van der Waals surface area contributed by atoms with Crippen molar-refractivity contribution in [2.75, 3.05) is 11.9 Å². The number of alkyl halides is 1. The molecule has 0 fully saturated rings. The molecule has 0 aromatic heterocycles. The molecule has 0 amide bonds. The highest BCUT2D eigenvalue weighted by molar-refractivity contribution is 9.09. The second kappa shape index (κ2) is 5.64. The van der Waals surface area contributed by atoms with Gasteiger partial charge in [-0.15, -0.1) is 5.92 Å². The number of carbonyl (C=O) groups excluding carboxylic acids is 1. The monoisotopic (exact) mass is 190 g/mol. The summed E-state index contributed by atoms with van der Waals surface area (Å²) in [6, 6.07) is 0. The second-order valence-corrected chi connectivity index (χ2v) is 1.78. The predicted molar refractivity (Wildman–Crippen MR) is 38.2 cm³/mol. The predicted octanol–water partition coefficient (Wildman–Crippen LogP) is 0.948. The lowest BCUT2D eigenvalue weighted by atomic mass is 10.6. The van der Waals surface area contributed by atoms with Crippen molar-refractivity contribution in [1.29, 1.82) is 0 Å². The van der Waals surface area contributed by atoms with Gasteiger partial charge in [0, 0.05) is 0 Å². The number of rotatable bonds is 2.